The van der Waals surface area contributed by atoms with Crippen LogP contribution in [0.4, 0.5) is 0 Å². The SMILES string of the molecule is CC(C)OC(C#[N+]C(C)(C)C)c1ccccc1. The minimum atomic E-state index is -0.185. The molecule has 92 valence electrons. The molecule has 2 nitrogen and oxygen atoms in total. The monoisotopic (exact) mass is 232 g/mol. The van der Waals surface area contributed by atoms with Crippen LogP contribution in [0.25, 0.3) is 4.85 Å². The Kier molecular flexibility index (Phi) is 4.72. The fraction of sp³-hybridized carbons (Fsp3) is 0.533. The van der Waals surface area contributed by atoms with E-state index in [4.69, 9.17) is 4.74 Å². The third-order valence-corrected chi connectivity index (χ3v) is 2.03. The lowest BCUT2D eigenvalue weighted by molar-refractivity contribution is 0.0400. The largest absolute Gasteiger partial charge is 0.352 e. The summed E-state index contributed by atoms with van der Waals surface area (Å²) in [5.74, 6) is 0. The highest BCUT2D eigenvalue weighted by atomic mass is 16.5. The summed E-state index contributed by atoms with van der Waals surface area (Å²) in [4.78, 5) is 4.41. The number of nitrogens with zero attached hydrogens (tertiary/aromatic N) is 1. The molecule has 0 bridgehead atoms. The van der Waals surface area contributed by atoms with Crippen molar-refractivity contribution in [3.05, 3.63) is 40.7 Å². The third-order valence-electron chi connectivity index (χ3n) is 2.03. The first-order valence-electron chi connectivity index (χ1n) is 6.06. The van der Waals surface area contributed by atoms with Crippen molar-refractivity contribution in [2.75, 3.05) is 0 Å². The van der Waals surface area contributed by atoms with E-state index < -0.39 is 0 Å². The van der Waals surface area contributed by atoms with Crippen LogP contribution in [0.3, 0.4) is 0 Å². The normalized spacial score (nSPS) is 13.1. The van der Waals surface area contributed by atoms with Crippen molar-refractivity contribution in [3.8, 4) is 6.07 Å². The lowest BCUT2D eigenvalue weighted by Gasteiger charge is -2.11. The van der Waals surface area contributed by atoms with Gasteiger partial charge in [-0.2, -0.15) is 0 Å². The Morgan fingerprint density at radius 1 is 1.12 bits per heavy atom. The highest BCUT2D eigenvalue weighted by Gasteiger charge is 2.22. The van der Waals surface area contributed by atoms with Gasteiger partial charge in [0, 0.05) is 20.8 Å². The zero-order valence-corrected chi connectivity index (χ0v) is 11.4. The molecule has 1 rings (SSSR count). The maximum atomic E-state index is 5.83. The third kappa shape index (κ3) is 5.51. The number of ether oxygens (including phenoxy) is 1. The van der Waals surface area contributed by atoms with Crippen molar-refractivity contribution >= 4 is 0 Å². The molecule has 2 heteroatoms. The van der Waals surface area contributed by atoms with E-state index in [0.717, 1.165) is 5.56 Å². The van der Waals surface area contributed by atoms with Crippen LogP contribution in [0.5, 0.6) is 0 Å². The first kappa shape index (κ1) is 13.7. The molecule has 0 aliphatic carbocycles. The molecule has 0 aromatic heterocycles. The number of hydrogen-bond acceptors (Lipinski definition) is 1. The van der Waals surface area contributed by atoms with Crippen molar-refractivity contribution in [1.29, 1.82) is 0 Å². The molecule has 0 radical (unpaired) electrons. The molecule has 0 heterocycles. The predicted octanol–water partition coefficient (Wildman–Crippen LogP) is 4.28. The summed E-state index contributed by atoms with van der Waals surface area (Å²) < 4.78 is 5.83. The molecule has 1 aromatic carbocycles. The molecule has 0 amide bonds. The van der Waals surface area contributed by atoms with Gasteiger partial charge in [-0.25, -0.2) is 0 Å². The molecule has 1 aromatic rings. The molecular weight excluding hydrogens is 210 g/mol. The zero-order valence-electron chi connectivity index (χ0n) is 11.4. The van der Waals surface area contributed by atoms with Crippen molar-refractivity contribution < 1.29 is 4.74 Å². The molecule has 1 unspecified atom stereocenters. The van der Waals surface area contributed by atoms with E-state index in [1.165, 1.54) is 0 Å². The fourth-order valence-corrected chi connectivity index (χ4v) is 1.34. The fourth-order valence-electron chi connectivity index (χ4n) is 1.34. The Balaban J connectivity index is 2.92. The maximum absolute atomic E-state index is 5.83. The second kappa shape index (κ2) is 5.84. The van der Waals surface area contributed by atoms with E-state index in [9.17, 15) is 0 Å². The molecule has 0 saturated carbocycles. The van der Waals surface area contributed by atoms with Crippen molar-refractivity contribution in [2.45, 2.75) is 52.4 Å². The van der Waals surface area contributed by atoms with Gasteiger partial charge in [0.2, 0.25) is 6.10 Å². The van der Waals surface area contributed by atoms with Crippen LogP contribution in [0, 0.1) is 6.07 Å². The quantitative estimate of drug-likeness (QED) is 0.758. The van der Waals surface area contributed by atoms with Gasteiger partial charge in [-0.1, -0.05) is 35.2 Å². The summed E-state index contributed by atoms with van der Waals surface area (Å²) in [5.41, 5.74) is 0.974. The lowest BCUT2D eigenvalue weighted by atomic mass is 10.1. The number of hydrogen-bond donors (Lipinski definition) is 0. The van der Waals surface area contributed by atoms with Gasteiger partial charge in [0.05, 0.1) is 6.10 Å². The van der Waals surface area contributed by atoms with Gasteiger partial charge in [0.1, 0.15) is 0 Å². The van der Waals surface area contributed by atoms with Crippen molar-refractivity contribution in [2.24, 2.45) is 0 Å². The second-order valence-electron chi connectivity index (χ2n) is 5.39. The molecule has 0 N–H and O–H groups in total. The average molecular weight is 232 g/mol. The van der Waals surface area contributed by atoms with Crippen LogP contribution in [-0.4, -0.2) is 11.6 Å². The molecule has 1 atom stereocenters. The Bertz CT molecular complexity index is 392. The van der Waals surface area contributed by atoms with E-state index in [1.54, 1.807) is 0 Å². The number of benzene rings is 1. The summed E-state index contributed by atoms with van der Waals surface area (Å²) in [5, 5.41) is 0. The lowest BCUT2D eigenvalue weighted by Crippen LogP contribution is -2.11. The van der Waals surface area contributed by atoms with Crippen LogP contribution in [0.15, 0.2) is 30.3 Å². The summed E-state index contributed by atoms with van der Waals surface area (Å²) in [6.45, 7) is 10.2. The molecule has 0 aliphatic heterocycles. The summed E-state index contributed by atoms with van der Waals surface area (Å²) in [6, 6.07) is 13.2. The van der Waals surface area contributed by atoms with Crippen molar-refractivity contribution in [1.82, 2.24) is 0 Å². The van der Waals surface area contributed by atoms with Crippen LogP contribution >= 0.6 is 0 Å². The molecule has 0 spiro atoms. The van der Waals surface area contributed by atoms with Crippen LogP contribution in [-0.2, 0) is 4.74 Å². The van der Waals surface area contributed by atoms with Crippen LogP contribution in [0.2, 0.25) is 0 Å². The Hall–Kier alpha value is -1.33. The van der Waals surface area contributed by atoms with E-state index in [2.05, 4.69) is 31.7 Å². The maximum Gasteiger partial charge on any atom is 0.310 e. The second-order valence-corrected chi connectivity index (χ2v) is 5.39. The first-order valence-corrected chi connectivity index (χ1v) is 6.06. The molecule has 0 fully saturated rings. The molecule has 17 heavy (non-hydrogen) atoms. The minimum absolute atomic E-state index is 0.118. The van der Waals surface area contributed by atoms with Gasteiger partial charge >= 0.3 is 6.07 Å². The van der Waals surface area contributed by atoms with Gasteiger partial charge < -0.3 is 4.74 Å². The summed E-state index contributed by atoms with van der Waals surface area (Å²) in [7, 11) is 0. The standard InChI is InChI=1S/C15H22NO/c1-12(2)17-14(11-16-15(3,4)5)13-9-7-6-8-10-13/h6-10,12,14H,1-5H3/q+1. The molecule has 0 aliphatic rings. The Morgan fingerprint density at radius 2 is 1.71 bits per heavy atom. The van der Waals surface area contributed by atoms with Crippen LogP contribution in [0.1, 0.15) is 46.3 Å². The molecule has 0 saturated heterocycles. The van der Waals surface area contributed by atoms with Crippen molar-refractivity contribution in [3.63, 3.8) is 0 Å². The Morgan fingerprint density at radius 3 is 2.18 bits per heavy atom. The topological polar surface area (TPSA) is 13.6 Å². The van der Waals surface area contributed by atoms with Gasteiger partial charge in [0.25, 0.3) is 5.54 Å². The average Bonchev–Trinajstić information content (AvgIpc) is 2.24. The van der Waals surface area contributed by atoms with E-state index >= 15 is 0 Å². The van der Waals surface area contributed by atoms with E-state index in [1.807, 2.05) is 44.2 Å². The van der Waals surface area contributed by atoms with E-state index in [0.29, 0.717) is 0 Å². The van der Waals surface area contributed by atoms with Gasteiger partial charge in [0.15, 0.2) is 0 Å². The summed E-state index contributed by atoms with van der Waals surface area (Å²) in [6.07, 6.45) is -0.0294. The summed E-state index contributed by atoms with van der Waals surface area (Å²) >= 11 is 0. The minimum Gasteiger partial charge on any atom is -0.352 e. The van der Waals surface area contributed by atoms with Gasteiger partial charge in [-0.3, -0.25) is 0 Å². The Labute approximate surface area is 104 Å². The van der Waals surface area contributed by atoms with E-state index in [-0.39, 0.29) is 17.7 Å². The highest BCUT2D eigenvalue weighted by molar-refractivity contribution is 5.24. The molecular formula is C15H22NO+. The highest BCUT2D eigenvalue weighted by Crippen LogP contribution is 2.19. The number of rotatable bonds is 3. The zero-order chi connectivity index (χ0) is 12.9. The van der Waals surface area contributed by atoms with Crippen LogP contribution < -0.4 is 0 Å². The first-order chi connectivity index (χ1) is 7.88. The van der Waals surface area contributed by atoms with Gasteiger partial charge in [-0.05, 0) is 19.4 Å². The van der Waals surface area contributed by atoms with Gasteiger partial charge in [-0.15, -0.1) is 0 Å². The predicted molar refractivity (Wildman–Crippen MR) is 72.4 cm³/mol. The smallest absolute Gasteiger partial charge is 0.310 e.